The zero-order valence-corrected chi connectivity index (χ0v) is 13.0. The topological polar surface area (TPSA) is 32.2 Å². The minimum Gasteiger partial charge on any atom is -0.464 e. The molecule has 0 aliphatic carbocycles. The summed E-state index contributed by atoms with van der Waals surface area (Å²) in [5, 5.41) is 1.26. The molecule has 0 spiro atoms. The molecule has 3 aromatic rings. The number of fused-ring (bicyclic) bond motifs is 1. The first-order valence-electron chi connectivity index (χ1n) is 8.19. The summed E-state index contributed by atoms with van der Waals surface area (Å²) in [6.45, 7) is 4.75. The van der Waals surface area contributed by atoms with E-state index < -0.39 is 0 Å². The number of aromatic nitrogens is 1. The van der Waals surface area contributed by atoms with Crippen molar-refractivity contribution in [2.75, 3.05) is 13.1 Å². The lowest BCUT2D eigenvalue weighted by atomic mass is 10.1. The summed E-state index contributed by atoms with van der Waals surface area (Å²) in [6, 6.07) is 13.4. The maximum atomic E-state index is 5.49. The van der Waals surface area contributed by atoms with Gasteiger partial charge in [-0.2, -0.15) is 0 Å². The molecule has 2 aromatic heterocycles. The molecule has 1 saturated heterocycles. The van der Waals surface area contributed by atoms with Gasteiger partial charge in [-0.1, -0.05) is 0 Å². The van der Waals surface area contributed by atoms with E-state index in [0.717, 1.165) is 30.3 Å². The van der Waals surface area contributed by atoms with E-state index in [1.54, 1.807) is 6.26 Å². The second kappa shape index (κ2) is 5.65. The van der Waals surface area contributed by atoms with Crippen LogP contribution in [0.25, 0.3) is 22.2 Å². The molecular weight excluding hydrogens is 272 g/mol. The zero-order valence-electron chi connectivity index (χ0n) is 13.0. The van der Waals surface area contributed by atoms with E-state index in [0.29, 0.717) is 0 Å². The summed E-state index contributed by atoms with van der Waals surface area (Å²) in [5.74, 6) is 0.926. The Kier molecular flexibility index (Phi) is 3.51. The number of rotatable bonds is 4. The van der Waals surface area contributed by atoms with Gasteiger partial charge in [-0.15, -0.1) is 0 Å². The summed E-state index contributed by atoms with van der Waals surface area (Å²) in [6.07, 6.45) is 5.51. The van der Waals surface area contributed by atoms with E-state index >= 15 is 0 Å². The van der Waals surface area contributed by atoms with E-state index in [1.807, 2.05) is 12.1 Å². The van der Waals surface area contributed by atoms with Gasteiger partial charge in [-0.05, 0) is 62.7 Å². The molecule has 3 heterocycles. The summed E-state index contributed by atoms with van der Waals surface area (Å²) in [5.41, 5.74) is 3.67. The number of likely N-dealkylation sites (tertiary alicyclic amines) is 1. The standard InChI is InChI=1S/C19H22N2O/c1-14-4-2-9-21(14)10-8-17-13-16-12-15(6-7-18(16)20-17)19-5-3-11-22-19/h3,5-7,11-14,20H,2,4,8-10H2,1H3. The highest BCUT2D eigenvalue weighted by Gasteiger charge is 2.19. The Morgan fingerprint density at radius 3 is 3.00 bits per heavy atom. The molecule has 1 N–H and O–H groups in total. The molecule has 3 nitrogen and oxygen atoms in total. The predicted octanol–water partition coefficient (Wildman–Crippen LogP) is 4.45. The van der Waals surface area contributed by atoms with Gasteiger partial charge in [0.05, 0.1) is 6.26 Å². The number of hydrogen-bond donors (Lipinski definition) is 1. The fourth-order valence-electron chi connectivity index (χ4n) is 3.51. The summed E-state index contributed by atoms with van der Waals surface area (Å²) in [4.78, 5) is 6.15. The summed E-state index contributed by atoms with van der Waals surface area (Å²) < 4.78 is 5.49. The van der Waals surface area contributed by atoms with Crippen molar-refractivity contribution >= 4 is 10.9 Å². The molecule has 3 heteroatoms. The van der Waals surface area contributed by atoms with E-state index in [4.69, 9.17) is 4.42 Å². The second-order valence-corrected chi connectivity index (χ2v) is 6.35. The maximum Gasteiger partial charge on any atom is 0.133 e. The molecule has 1 aromatic carbocycles. The number of benzene rings is 1. The van der Waals surface area contributed by atoms with Gasteiger partial charge in [-0.3, -0.25) is 0 Å². The van der Waals surface area contributed by atoms with Crippen molar-refractivity contribution in [3.05, 3.63) is 48.4 Å². The van der Waals surface area contributed by atoms with Crippen LogP contribution in [0.4, 0.5) is 0 Å². The third-order valence-corrected chi connectivity index (χ3v) is 4.84. The second-order valence-electron chi connectivity index (χ2n) is 6.35. The van der Waals surface area contributed by atoms with Crippen LogP contribution in [-0.2, 0) is 6.42 Å². The molecule has 4 rings (SSSR count). The normalized spacial score (nSPS) is 19.2. The molecule has 1 aliphatic rings. The summed E-state index contributed by atoms with van der Waals surface area (Å²) in [7, 11) is 0. The minimum absolute atomic E-state index is 0.745. The van der Waals surface area contributed by atoms with Crippen molar-refractivity contribution in [1.82, 2.24) is 9.88 Å². The average Bonchev–Trinajstić information content (AvgIpc) is 3.25. The maximum absolute atomic E-state index is 5.49. The van der Waals surface area contributed by atoms with Crippen LogP contribution in [0.1, 0.15) is 25.5 Å². The number of H-pyrrole nitrogens is 1. The molecule has 114 valence electrons. The van der Waals surface area contributed by atoms with Crippen LogP contribution in [0.5, 0.6) is 0 Å². The zero-order chi connectivity index (χ0) is 14.9. The van der Waals surface area contributed by atoms with Gasteiger partial charge in [0.25, 0.3) is 0 Å². The Hall–Kier alpha value is -2.00. The number of nitrogens with zero attached hydrogens (tertiary/aromatic N) is 1. The van der Waals surface area contributed by atoms with Crippen LogP contribution >= 0.6 is 0 Å². The molecule has 0 radical (unpaired) electrons. The van der Waals surface area contributed by atoms with Gasteiger partial charge < -0.3 is 14.3 Å². The van der Waals surface area contributed by atoms with Crippen molar-refractivity contribution in [1.29, 1.82) is 0 Å². The Balaban J connectivity index is 1.53. The van der Waals surface area contributed by atoms with Gasteiger partial charge in [0.1, 0.15) is 5.76 Å². The lowest BCUT2D eigenvalue weighted by molar-refractivity contribution is 0.271. The molecule has 0 saturated carbocycles. The number of nitrogens with one attached hydrogen (secondary N) is 1. The van der Waals surface area contributed by atoms with Crippen LogP contribution < -0.4 is 0 Å². The van der Waals surface area contributed by atoms with E-state index in [-0.39, 0.29) is 0 Å². The van der Waals surface area contributed by atoms with Crippen molar-refractivity contribution in [3.8, 4) is 11.3 Å². The molecule has 1 fully saturated rings. The van der Waals surface area contributed by atoms with E-state index in [1.165, 1.54) is 36.0 Å². The van der Waals surface area contributed by atoms with Crippen LogP contribution in [-0.4, -0.2) is 29.0 Å². The quantitative estimate of drug-likeness (QED) is 0.770. The average molecular weight is 294 g/mol. The first-order valence-corrected chi connectivity index (χ1v) is 8.19. The van der Waals surface area contributed by atoms with Crippen molar-refractivity contribution in [2.45, 2.75) is 32.2 Å². The van der Waals surface area contributed by atoms with Crippen molar-refractivity contribution < 1.29 is 4.42 Å². The third-order valence-electron chi connectivity index (χ3n) is 4.84. The molecule has 1 aliphatic heterocycles. The van der Waals surface area contributed by atoms with Crippen LogP contribution in [0.2, 0.25) is 0 Å². The lowest BCUT2D eigenvalue weighted by Gasteiger charge is -2.20. The molecule has 1 atom stereocenters. The smallest absolute Gasteiger partial charge is 0.133 e. The Morgan fingerprint density at radius 1 is 1.27 bits per heavy atom. The highest BCUT2D eigenvalue weighted by molar-refractivity contribution is 5.85. The van der Waals surface area contributed by atoms with Crippen LogP contribution in [0, 0.1) is 0 Å². The van der Waals surface area contributed by atoms with Gasteiger partial charge in [-0.25, -0.2) is 0 Å². The molecule has 0 amide bonds. The molecule has 1 unspecified atom stereocenters. The van der Waals surface area contributed by atoms with Crippen molar-refractivity contribution in [3.63, 3.8) is 0 Å². The highest BCUT2D eigenvalue weighted by Crippen LogP contribution is 2.25. The fourth-order valence-corrected chi connectivity index (χ4v) is 3.51. The first-order chi connectivity index (χ1) is 10.8. The Morgan fingerprint density at radius 2 is 2.23 bits per heavy atom. The van der Waals surface area contributed by atoms with Gasteiger partial charge in [0, 0.05) is 41.2 Å². The van der Waals surface area contributed by atoms with E-state index in [9.17, 15) is 0 Å². The van der Waals surface area contributed by atoms with Gasteiger partial charge in [0.2, 0.25) is 0 Å². The third kappa shape index (κ3) is 2.57. The lowest BCUT2D eigenvalue weighted by Crippen LogP contribution is -2.29. The molecule has 22 heavy (non-hydrogen) atoms. The monoisotopic (exact) mass is 294 g/mol. The van der Waals surface area contributed by atoms with Crippen LogP contribution in [0.15, 0.2) is 47.1 Å². The Bertz CT molecular complexity index is 757. The molecule has 0 bridgehead atoms. The number of aromatic amines is 1. The number of hydrogen-bond acceptors (Lipinski definition) is 2. The van der Waals surface area contributed by atoms with Gasteiger partial charge >= 0.3 is 0 Å². The largest absolute Gasteiger partial charge is 0.464 e. The highest BCUT2D eigenvalue weighted by atomic mass is 16.3. The predicted molar refractivity (Wildman–Crippen MR) is 90.0 cm³/mol. The van der Waals surface area contributed by atoms with E-state index in [2.05, 4.69) is 41.1 Å². The minimum atomic E-state index is 0.745. The summed E-state index contributed by atoms with van der Waals surface area (Å²) >= 11 is 0. The number of furan rings is 1. The Labute approximate surface area is 130 Å². The van der Waals surface area contributed by atoms with Crippen molar-refractivity contribution in [2.24, 2.45) is 0 Å². The first kappa shape index (κ1) is 13.6. The molecular formula is C19H22N2O. The van der Waals surface area contributed by atoms with Gasteiger partial charge in [0.15, 0.2) is 0 Å². The fraction of sp³-hybridized carbons (Fsp3) is 0.368. The van der Waals surface area contributed by atoms with Crippen LogP contribution in [0.3, 0.4) is 0 Å². The SMILES string of the molecule is CC1CCCN1CCc1cc2cc(-c3ccco3)ccc2[nH]1.